The molecule has 0 fully saturated rings. The Morgan fingerprint density at radius 3 is 2.44 bits per heavy atom. The smallest absolute Gasteiger partial charge is 0.168 e. The van der Waals surface area contributed by atoms with Gasteiger partial charge >= 0.3 is 0 Å². The van der Waals surface area contributed by atoms with Crippen LogP contribution >= 0.6 is 24.8 Å². The molecule has 0 saturated carbocycles. The molecule has 9 heteroatoms. The minimum atomic E-state index is 0. The second kappa shape index (κ2) is 13.9. The number of ether oxygens (including phenoxy) is 1. The van der Waals surface area contributed by atoms with Gasteiger partial charge in [-0.15, -0.1) is 24.8 Å². The number of furan rings is 1. The molecule has 0 radical (unpaired) electrons. The van der Waals surface area contributed by atoms with E-state index in [4.69, 9.17) is 19.9 Å². The molecule has 0 aliphatic carbocycles. The first kappa shape index (κ1) is 29.2. The largest absolute Gasteiger partial charge is 0.494 e. The molecule has 2 aromatic carbocycles. The van der Waals surface area contributed by atoms with Crippen molar-refractivity contribution in [2.75, 3.05) is 26.2 Å². The molecule has 0 atom stereocenters. The summed E-state index contributed by atoms with van der Waals surface area (Å²) in [5, 5.41) is 0. The minimum Gasteiger partial charge on any atom is -0.494 e. The zero-order valence-electron chi connectivity index (χ0n) is 21.0. The van der Waals surface area contributed by atoms with Crippen molar-refractivity contribution in [1.82, 2.24) is 14.5 Å². The molecule has 2 N–H and O–H groups in total. The zero-order valence-corrected chi connectivity index (χ0v) is 22.6. The molecular formula is C27H35Cl2N5O2. The molecule has 4 rings (SSSR count). The second-order valence-electron chi connectivity index (χ2n) is 8.11. The van der Waals surface area contributed by atoms with Crippen molar-refractivity contribution in [3.8, 4) is 5.75 Å². The summed E-state index contributed by atoms with van der Waals surface area (Å²) in [4.78, 5) is 12.0. The highest BCUT2D eigenvalue weighted by Crippen LogP contribution is 2.25. The molecule has 0 unspecified atom stereocenters. The lowest BCUT2D eigenvalue weighted by atomic mass is 10.1. The third kappa shape index (κ3) is 7.03. The molecule has 0 bridgehead atoms. The summed E-state index contributed by atoms with van der Waals surface area (Å²) in [5.41, 5.74) is 10.1. The van der Waals surface area contributed by atoms with Gasteiger partial charge < -0.3 is 24.4 Å². The second-order valence-corrected chi connectivity index (χ2v) is 8.11. The monoisotopic (exact) mass is 531 g/mol. The van der Waals surface area contributed by atoms with E-state index in [-0.39, 0.29) is 24.8 Å². The normalized spacial score (nSPS) is 11.4. The number of amidine groups is 1. The van der Waals surface area contributed by atoms with Crippen molar-refractivity contribution >= 4 is 47.4 Å². The Hall–Kier alpha value is -3.00. The van der Waals surface area contributed by atoms with Crippen LogP contribution in [0.25, 0.3) is 11.0 Å². The Labute approximate surface area is 225 Å². The van der Waals surface area contributed by atoms with Crippen LogP contribution in [0.15, 0.2) is 70.3 Å². The fourth-order valence-corrected chi connectivity index (χ4v) is 4.07. The maximum Gasteiger partial charge on any atom is 0.168 e. The summed E-state index contributed by atoms with van der Waals surface area (Å²) >= 11 is 0. The maximum atomic E-state index is 6.11. The highest BCUT2D eigenvalue weighted by atomic mass is 35.5. The first-order valence-corrected chi connectivity index (χ1v) is 11.9. The molecule has 0 amide bonds. The van der Waals surface area contributed by atoms with Crippen LogP contribution in [0.3, 0.4) is 0 Å². The van der Waals surface area contributed by atoms with Gasteiger partial charge in [-0.2, -0.15) is 0 Å². The fourth-order valence-electron chi connectivity index (χ4n) is 4.07. The number of fused-ring (bicyclic) bond motifs is 1. The van der Waals surface area contributed by atoms with Crippen molar-refractivity contribution in [1.29, 1.82) is 0 Å². The molecule has 4 aromatic rings. The first-order chi connectivity index (χ1) is 16.6. The van der Waals surface area contributed by atoms with Crippen molar-refractivity contribution in [3.05, 3.63) is 78.0 Å². The van der Waals surface area contributed by atoms with E-state index >= 15 is 0 Å². The predicted octanol–water partition coefficient (Wildman–Crippen LogP) is 5.84. The van der Waals surface area contributed by atoms with Gasteiger partial charge in [0, 0.05) is 19.5 Å². The summed E-state index contributed by atoms with van der Waals surface area (Å²) in [6.07, 6.45) is 2.33. The lowest BCUT2D eigenvalue weighted by Crippen LogP contribution is -2.27. The van der Waals surface area contributed by atoms with Gasteiger partial charge in [0.2, 0.25) is 0 Å². The van der Waals surface area contributed by atoms with Crippen LogP contribution in [0, 0.1) is 0 Å². The van der Waals surface area contributed by atoms with Crippen LogP contribution in [0.4, 0.5) is 5.69 Å². The quantitative estimate of drug-likeness (QED) is 0.194. The van der Waals surface area contributed by atoms with Gasteiger partial charge in [0.1, 0.15) is 11.6 Å². The van der Waals surface area contributed by atoms with Gasteiger partial charge in [0.15, 0.2) is 11.6 Å². The lowest BCUT2D eigenvalue weighted by molar-refractivity contribution is 0.291. The molecule has 7 nitrogen and oxygen atoms in total. The molecule has 0 aliphatic heterocycles. The van der Waals surface area contributed by atoms with E-state index in [0.29, 0.717) is 18.2 Å². The lowest BCUT2D eigenvalue weighted by Gasteiger charge is -2.19. The van der Waals surface area contributed by atoms with Crippen LogP contribution < -0.4 is 10.5 Å². The number of halogens is 2. The van der Waals surface area contributed by atoms with E-state index in [1.807, 2.05) is 31.2 Å². The van der Waals surface area contributed by atoms with E-state index in [9.17, 15) is 0 Å². The van der Waals surface area contributed by atoms with Crippen LogP contribution in [0.5, 0.6) is 5.75 Å². The molecule has 36 heavy (non-hydrogen) atoms. The van der Waals surface area contributed by atoms with Crippen LogP contribution in [0.2, 0.25) is 0 Å². The van der Waals surface area contributed by atoms with Crippen LogP contribution in [0.1, 0.15) is 37.9 Å². The SMILES string of the molecule is CCOc1ccc(Cc2nc3cc(N=C(N)c4ccco4)ccc3n2CCN(CC)CC)cc1.Cl.Cl. The van der Waals surface area contributed by atoms with Crippen molar-refractivity contribution in [3.63, 3.8) is 0 Å². The number of rotatable bonds is 11. The van der Waals surface area contributed by atoms with Gasteiger partial charge in [-0.25, -0.2) is 9.98 Å². The molecule has 0 aliphatic rings. The summed E-state index contributed by atoms with van der Waals surface area (Å²) in [6.45, 7) is 11.0. The Bertz CT molecular complexity index is 1230. The molecule has 0 spiro atoms. The van der Waals surface area contributed by atoms with Gasteiger partial charge in [-0.1, -0.05) is 26.0 Å². The minimum absolute atomic E-state index is 0. The predicted molar refractivity (Wildman–Crippen MR) is 152 cm³/mol. The number of benzene rings is 2. The number of aromatic nitrogens is 2. The third-order valence-corrected chi connectivity index (χ3v) is 5.96. The van der Waals surface area contributed by atoms with Crippen molar-refractivity contribution < 1.29 is 9.15 Å². The number of hydrogen-bond donors (Lipinski definition) is 1. The Balaban J connectivity index is 0.00000228. The Kier molecular flexibility index (Phi) is 11.3. The molecule has 2 heterocycles. The standard InChI is InChI=1S/C27H33N5O2.2ClH/c1-4-31(5-2)15-16-32-24-14-11-21(29-27(28)25-8-7-17-34-25)19-23(24)30-26(32)18-20-9-12-22(13-10-20)33-6-3;;/h7-14,17,19H,4-6,15-16,18H2,1-3H3,(H2,28,29);2*1H. The van der Waals surface area contributed by atoms with Crippen LogP contribution in [-0.2, 0) is 13.0 Å². The average molecular weight is 533 g/mol. The Morgan fingerprint density at radius 2 is 1.81 bits per heavy atom. The van der Waals surface area contributed by atoms with Crippen molar-refractivity contribution in [2.45, 2.75) is 33.7 Å². The third-order valence-electron chi connectivity index (χ3n) is 5.96. The summed E-state index contributed by atoms with van der Waals surface area (Å²) in [5.74, 6) is 2.82. The van der Waals surface area contributed by atoms with E-state index < -0.39 is 0 Å². The average Bonchev–Trinajstić information content (AvgIpc) is 3.50. The topological polar surface area (TPSA) is 81.8 Å². The first-order valence-electron chi connectivity index (χ1n) is 11.9. The van der Waals surface area contributed by atoms with E-state index in [1.54, 1.807) is 18.4 Å². The highest BCUT2D eigenvalue weighted by Gasteiger charge is 2.14. The van der Waals surface area contributed by atoms with E-state index in [1.165, 1.54) is 5.56 Å². The van der Waals surface area contributed by atoms with Crippen molar-refractivity contribution in [2.24, 2.45) is 10.7 Å². The van der Waals surface area contributed by atoms with Gasteiger partial charge in [-0.3, -0.25) is 0 Å². The number of aliphatic imine (C=N–C) groups is 1. The fraction of sp³-hybridized carbons (Fsp3) is 0.333. The number of hydrogen-bond acceptors (Lipinski definition) is 5. The van der Waals surface area contributed by atoms with Crippen LogP contribution in [-0.4, -0.2) is 46.5 Å². The molecular weight excluding hydrogens is 497 g/mol. The summed E-state index contributed by atoms with van der Waals surface area (Å²) < 4.78 is 13.3. The number of likely N-dealkylation sites (N-methyl/N-ethyl adjacent to an activating group) is 1. The number of nitrogens with two attached hydrogens (primary N) is 1. The van der Waals surface area contributed by atoms with Gasteiger partial charge in [0.05, 0.1) is 29.6 Å². The highest BCUT2D eigenvalue weighted by molar-refractivity contribution is 5.97. The maximum absolute atomic E-state index is 6.11. The van der Waals surface area contributed by atoms with Gasteiger partial charge in [-0.05, 0) is 68.0 Å². The van der Waals surface area contributed by atoms with E-state index in [2.05, 4.69) is 46.5 Å². The zero-order chi connectivity index (χ0) is 23.9. The summed E-state index contributed by atoms with van der Waals surface area (Å²) in [7, 11) is 0. The summed E-state index contributed by atoms with van der Waals surface area (Å²) in [6, 6.07) is 17.9. The Morgan fingerprint density at radius 1 is 1.06 bits per heavy atom. The molecule has 2 aromatic heterocycles. The molecule has 0 saturated heterocycles. The van der Waals surface area contributed by atoms with E-state index in [0.717, 1.165) is 60.9 Å². The molecule has 194 valence electrons. The number of imidazole rings is 1. The van der Waals surface area contributed by atoms with Gasteiger partial charge in [0.25, 0.3) is 0 Å². The number of nitrogens with zero attached hydrogens (tertiary/aromatic N) is 4.